The molecule has 1 aliphatic heterocycles. The Morgan fingerprint density at radius 1 is 1.03 bits per heavy atom. The third-order valence-corrected chi connectivity index (χ3v) is 4.75. The number of ether oxygens (including phenoxy) is 1. The number of amides is 2. The van der Waals surface area contributed by atoms with Gasteiger partial charge in [-0.1, -0.05) is 30.3 Å². The number of nitrogens with one attached hydrogen (secondary N) is 1. The zero-order valence-corrected chi connectivity index (χ0v) is 16.4. The first-order valence-corrected chi connectivity index (χ1v) is 9.34. The number of nitrogens with zero attached hydrogens (tertiary/aromatic N) is 3. The molecule has 0 saturated carbocycles. The summed E-state index contributed by atoms with van der Waals surface area (Å²) in [4.78, 5) is 39.3. The van der Waals surface area contributed by atoms with E-state index in [2.05, 4.69) is 15.4 Å². The van der Waals surface area contributed by atoms with E-state index in [0.29, 0.717) is 31.7 Å². The van der Waals surface area contributed by atoms with Crippen LogP contribution in [0.4, 0.5) is 5.69 Å². The first kappa shape index (κ1) is 20.8. The van der Waals surface area contributed by atoms with E-state index in [1.165, 1.54) is 17.2 Å². The van der Waals surface area contributed by atoms with Crippen molar-refractivity contribution in [2.75, 3.05) is 38.2 Å². The Morgan fingerprint density at radius 3 is 2.40 bits per heavy atom. The summed E-state index contributed by atoms with van der Waals surface area (Å²) < 4.78 is 5.38. The number of carboxylic acids is 1. The summed E-state index contributed by atoms with van der Waals surface area (Å²) in [5, 5.41) is 12.9. The molecule has 0 spiro atoms. The summed E-state index contributed by atoms with van der Waals surface area (Å²) in [7, 11) is 1.61. The van der Waals surface area contributed by atoms with Gasteiger partial charge in [0.1, 0.15) is 5.75 Å². The number of hydrogen-bond donors (Lipinski definition) is 2. The summed E-state index contributed by atoms with van der Waals surface area (Å²) in [5.74, 6) is -1.90. The normalized spacial score (nSPS) is 13.9. The number of hydrogen-bond acceptors (Lipinski definition) is 6. The number of methoxy groups -OCH3 is 1. The third kappa shape index (κ3) is 4.75. The standard InChI is InChI=1S/C21H22N4O5/c1-30-18-9-5-4-8-17(18)24-10-12-25(13-11-24)20(27)19(26)23-22-14-15-6-2-3-7-16(15)21(28)29/h2-9,14H,10-13H2,1H3,(H,23,26)(H,28,29)/b22-14-. The van der Waals surface area contributed by atoms with Crippen LogP contribution in [0.1, 0.15) is 15.9 Å². The van der Waals surface area contributed by atoms with Crippen molar-refractivity contribution in [2.24, 2.45) is 5.10 Å². The van der Waals surface area contributed by atoms with Gasteiger partial charge in [0.05, 0.1) is 24.6 Å². The van der Waals surface area contributed by atoms with Crippen molar-refractivity contribution in [3.63, 3.8) is 0 Å². The molecule has 2 aromatic rings. The topological polar surface area (TPSA) is 112 Å². The lowest BCUT2D eigenvalue weighted by Gasteiger charge is -2.36. The second-order valence-corrected chi connectivity index (χ2v) is 6.54. The molecule has 0 atom stereocenters. The largest absolute Gasteiger partial charge is 0.495 e. The quantitative estimate of drug-likeness (QED) is 0.435. The van der Waals surface area contributed by atoms with Gasteiger partial charge in [0.25, 0.3) is 0 Å². The molecule has 0 bridgehead atoms. The van der Waals surface area contributed by atoms with E-state index in [1.54, 1.807) is 25.3 Å². The van der Waals surface area contributed by atoms with E-state index in [4.69, 9.17) is 9.84 Å². The molecule has 0 unspecified atom stereocenters. The fourth-order valence-corrected chi connectivity index (χ4v) is 3.20. The highest BCUT2D eigenvalue weighted by Gasteiger charge is 2.26. The summed E-state index contributed by atoms with van der Waals surface area (Å²) in [6.07, 6.45) is 1.20. The number of carbonyl (C=O) groups is 3. The maximum absolute atomic E-state index is 12.4. The minimum absolute atomic E-state index is 0.0503. The molecule has 9 heteroatoms. The van der Waals surface area contributed by atoms with Crippen LogP contribution in [-0.2, 0) is 9.59 Å². The Morgan fingerprint density at radius 2 is 1.70 bits per heavy atom. The average Bonchev–Trinajstić information content (AvgIpc) is 2.78. The highest BCUT2D eigenvalue weighted by molar-refractivity contribution is 6.35. The lowest BCUT2D eigenvalue weighted by molar-refractivity contribution is -0.146. The smallest absolute Gasteiger partial charge is 0.336 e. The van der Waals surface area contributed by atoms with Crippen LogP contribution in [-0.4, -0.2) is 67.3 Å². The number of anilines is 1. The Labute approximate surface area is 173 Å². The first-order chi connectivity index (χ1) is 14.5. The first-order valence-electron chi connectivity index (χ1n) is 9.34. The van der Waals surface area contributed by atoms with Crippen LogP contribution in [0.25, 0.3) is 0 Å². The minimum Gasteiger partial charge on any atom is -0.495 e. The van der Waals surface area contributed by atoms with Crippen LogP contribution >= 0.6 is 0 Å². The fraction of sp³-hybridized carbons (Fsp3) is 0.238. The molecule has 156 valence electrons. The van der Waals surface area contributed by atoms with Crippen LogP contribution in [0, 0.1) is 0 Å². The molecule has 0 aromatic heterocycles. The SMILES string of the molecule is COc1ccccc1N1CCN(C(=O)C(=O)N/N=C\c2ccccc2C(=O)O)CC1. The minimum atomic E-state index is -1.10. The van der Waals surface area contributed by atoms with E-state index in [9.17, 15) is 14.4 Å². The van der Waals surface area contributed by atoms with Gasteiger partial charge in [0.15, 0.2) is 0 Å². The second kappa shape index (κ2) is 9.55. The highest BCUT2D eigenvalue weighted by atomic mass is 16.5. The molecule has 1 fully saturated rings. The number of carbonyl (C=O) groups excluding carboxylic acids is 2. The van der Waals surface area contributed by atoms with Gasteiger partial charge >= 0.3 is 17.8 Å². The number of para-hydroxylation sites is 2. The molecule has 2 N–H and O–H groups in total. The Bertz CT molecular complexity index is 967. The van der Waals surface area contributed by atoms with Crippen molar-refractivity contribution >= 4 is 29.7 Å². The van der Waals surface area contributed by atoms with Crippen molar-refractivity contribution in [3.8, 4) is 5.75 Å². The van der Waals surface area contributed by atoms with Crippen molar-refractivity contribution in [3.05, 3.63) is 59.7 Å². The maximum atomic E-state index is 12.4. The molecular formula is C21H22N4O5. The summed E-state index contributed by atoms with van der Waals surface area (Å²) in [6, 6.07) is 13.9. The molecule has 1 aliphatic rings. The van der Waals surface area contributed by atoms with Crippen LogP contribution < -0.4 is 15.1 Å². The van der Waals surface area contributed by atoms with Crippen LogP contribution in [0.5, 0.6) is 5.75 Å². The lowest BCUT2D eigenvalue weighted by Crippen LogP contribution is -2.52. The summed E-state index contributed by atoms with van der Waals surface area (Å²) in [5.41, 5.74) is 3.48. The van der Waals surface area contributed by atoms with Crippen molar-refractivity contribution in [1.29, 1.82) is 0 Å². The number of aromatic carboxylic acids is 1. The molecule has 0 aliphatic carbocycles. The number of rotatable bonds is 5. The molecule has 9 nitrogen and oxygen atoms in total. The number of hydrazone groups is 1. The fourth-order valence-electron chi connectivity index (χ4n) is 3.20. The van der Waals surface area contributed by atoms with Crippen molar-refractivity contribution < 1.29 is 24.2 Å². The molecule has 30 heavy (non-hydrogen) atoms. The van der Waals surface area contributed by atoms with Gasteiger partial charge in [0, 0.05) is 31.7 Å². The van der Waals surface area contributed by atoms with E-state index in [0.717, 1.165) is 11.4 Å². The Kier molecular flexibility index (Phi) is 6.63. The van der Waals surface area contributed by atoms with Gasteiger partial charge in [-0.15, -0.1) is 0 Å². The molecule has 2 aromatic carbocycles. The van der Waals surface area contributed by atoms with E-state index in [1.807, 2.05) is 24.3 Å². The highest BCUT2D eigenvalue weighted by Crippen LogP contribution is 2.28. The van der Waals surface area contributed by atoms with Crippen LogP contribution in [0.2, 0.25) is 0 Å². The van der Waals surface area contributed by atoms with Gasteiger partial charge in [-0.25, -0.2) is 10.2 Å². The summed E-state index contributed by atoms with van der Waals surface area (Å²) >= 11 is 0. The number of benzene rings is 2. The van der Waals surface area contributed by atoms with Gasteiger partial charge in [-0.05, 0) is 18.2 Å². The second-order valence-electron chi connectivity index (χ2n) is 6.54. The van der Waals surface area contributed by atoms with Gasteiger partial charge < -0.3 is 19.6 Å². The number of piperazine rings is 1. The van der Waals surface area contributed by atoms with Gasteiger partial charge in [-0.3, -0.25) is 9.59 Å². The molecule has 1 saturated heterocycles. The molecule has 1 heterocycles. The Balaban J connectivity index is 1.55. The zero-order chi connectivity index (χ0) is 21.5. The van der Waals surface area contributed by atoms with Gasteiger partial charge in [-0.2, -0.15) is 5.10 Å². The Hall–Kier alpha value is -3.88. The lowest BCUT2D eigenvalue weighted by atomic mass is 10.1. The van der Waals surface area contributed by atoms with Crippen molar-refractivity contribution in [1.82, 2.24) is 10.3 Å². The predicted octanol–water partition coefficient (Wildman–Crippen LogP) is 1.19. The third-order valence-electron chi connectivity index (χ3n) is 4.75. The van der Waals surface area contributed by atoms with Crippen LogP contribution in [0.3, 0.4) is 0 Å². The molecule has 2 amide bonds. The number of carboxylic acid groups (broad SMARTS) is 1. The average molecular weight is 410 g/mol. The summed E-state index contributed by atoms with van der Waals surface area (Å²) in [6.45, 7) is 1.90. The van der Waals surface area contributed by atoms with E-state index >= 15 is 0 Å². The molecule has 3 rings (SSSR count). The van der Waals surface area contributed by atoms with E-state index < -0.39 is 17.8 Å². The monoisotopic (exact) mass is 410 g/mol. The zero-order valence-electron chi connectivity index (χ0n) is 16.4. The van der Waals surface area contributed by atoms with Crippen molar-refractivity contribution in [2.45, 2.75) is 0 Å². The predicted molar refractivity (Wildman–Crippen MR) is 111 cm³/mol. The molecular weight excluding hydrogens is 388 g/mol. The van der Waals surface area contributed by atoms with Crippen LogP contribution in [0.15, 0.2) is 53.6 Å². The van der Waals surface area contributed by atoms with E-state index in [-0.39, 0.29) is 5.56 Å². The maximum Gasteiger partial charge on any atom is 0.336 e. The van der Waals surface area contributed by atoms with Gasteiger partial charge in [0.2, 0.25) is 0 Å². The molecule has 0 radical (unpaired) electrons.